The van der Waals surface area contributed by atoms with E-state index >= 15 is 0 Å². The van der Waals surface area contributed by atoms with Crippen LogP contribution in [0.3, 0.4) is 0 Å². The molecule has 0 spiro atoms. The van der Waals surface area contributed by atoms with Gasteiger partial charge in [-0.15, -0.1) is 0 Å². The molecule has 2 aromatic rings. The summed E-state index contributed by atoms with van der Waals surface area (Å²) < 4.78 is 9.86. The number of benzene rings is 2. The summed E-state index contributed by atoms with van der Waals surface area (Å²) in [7, 11) is 1.56. The molecule has 0 aliphatic heterocycles. The molecular weight excluding hydrogens is 340 g/mol. The first kappa shape index (κ1) is 18.7. The van der Waals surface area contributed by atoms with Gasteiger partial charge in [0.1, 0.15) is 5.75 Å². The van der Waals surface area contributed by atoms with Gasteiger partial charge in [-0.05, 0) is 29.8 Å². The minimum Gasteiger partial charge on any atom is -0.497 e. The summed E-state index contributed by atoms with van der Waals surface area (Å²) in [4.78, 5) is 33.5. The lowest BCUT2D eigenvalue weighted by Crippen LogP contribution is -2.20. The predicted octanol–water partition coefficient (Wildman–Crippen LogP) is 2.80. The largest absolute Gasteiger partial charge is 0.497 e. The van der Waals surface area contributed by atoms with Crippen molar-refractivity contribution in [2.45, 2.75) is 0 Å². The Labute approximate surface area is 149 Å². The molecule has 0 unspecified atom stereocenters. The van der Waals surface area contributed by atoms with Crippen molar-refractivity contribution in [1.82, 2.24) is 0 Å². The third-order valence-corrected chi connectivity index (χ3v) is 3.21. The quantitative estimate of drug-likeness (QED) is 0.354. The molecule has 0 fully saturated rings. The standard InChI is InChI=1S/C18H16N2O6/c1-25-16-8-5-13(6-9-16)7-10-18(22)26-12-17(21)19-14-3-2-4-15(11-14)20(23)24/h2-11H,12H2,1H3,(H,19,21)/b10-7+. The van der Waals surface area contributed by atoms with Crippen molar-refractivity contribution in [2.75, 3.05) is 19.0 Å². The minimum atomic E-state index is -0.685. The molecule has 134 valence electrons. The third kappa shape index (κ3) is 5.75. The number of anilines is 1. The van der Waals surface area contributed by atoms with E-state index in [1.807, 2.05) is 0 Å². The SMILES string of the molecule is COc1ccc(/C=C/C(=O)OCC(=O)Nc2cccc([N+](=O)[O-])c2)cc1. The summed E-state index contributed by atoms with van der Waals surface area (Å²) in [5.74, 6) is -0.589. The van der Waals surface area contributed by atoms with E-state index in [-0.39, 0.29) is 11.4 Å². The highest BCUT2D eigenvalue weighted by molar-refractivity contribution is 5.94. The molecule has 26 heavy (non-hydrogen) atoms. The van der Waals surface area contributed by atoms with E-state index in [2.05, 4.69) is 5.32 Å². The number of nitro benzene ring substituents is 1. The highest BCUT2D eigenvalue weighted by Gasteiger charge is 2.09. The number of hydrogen-bond donors (Lipinski definition) is 1. The number of carbonyl (C=O) groups excluding carboxylic acids is 2. The lowest BCUT2D eigenvalue weighted by molar-refractivity contribution is -0.384. The van der Waals surface area contributed by atoms with Crippen LogP contribution in [0, 0.1) is 10.1 Å². The molecule has 0 atom stereocenters. The van der Waals surface area contributed by atoms with Crippen LogP contribution in [0.4, 0.5) is 11.4 Å². The van der Waals surface area contributed by atoms with Crippen LogP contribution in [-0.2, 0) is 14.3 Å². The first-order valence-corrected chi connectivity index (χ1v) is 7.51. The van der Waals surface area contributed by atoms with Crippen LogP contribution in [0.2, 0.25) is 0 Å². The number of nitrogens with one attached hydrogen (secondary N) is 1. The highest BCUT2D eigenvalue weighted by atomic mass is 16.6. The van der Waals surface area contributed by atoms with Gasteiger partial charge in [-0.25, -0.2) is 4.79 Å². The van der Waals surface area contributed by atoms with Gasteiger partial charge >= 0.3 is 5.97 Å². The van der Waals surface area contributed by atoms with E-state index in [1.54, 1.807) is 37.5 Å². The Hall–Kier alpha value is -3.68. The van der Waals surface area contributed by atoms with Crippen LogP contribution in [0.15, 0.2) is 54.6 Å². The van der Waals surface area contributed by atoms with E-state index in [4.69, 9.17) is 9.47 Å². The van der Waals surface area contributed by atoms with Crippen LogP contribution in [-0.4, -0.2) is 30.5 Å². The van der Waals surface area contributed by atoms with Crippen molar-refractivity contribution in [3.63, 3.8) is 0 Å². The number of rotatable bonds is 7. The molecule has 0 saturated heterocycles. The molecule has 0 saturated carbocycles. The van der Waals surface area contributed by atoms with Crippen LogP contribution < -0.4 is 10.1 Å². The van der Waals surface area contributed by atoms with Gasteiger partial charge in [0.2, 0.25) is 0 Å². The molecule has 1 amide bonds. The lowest BCUT2D eigenvalue weighted by atomic mass is 10.2. The van der Waals surface area contributed by atoms with Gasteiger partial charge in [-0.3, -0.25) is 14.9 Å². The second-order valence-electron chi connectivity index (χ2n) is 5.07. The molecule has 2 rings (SSSR count). The maximum atomic E-state index is 11.7. The second kappa shape index (κ2) is 8.97. The van der Waals surface area contributed by atoms with E-state index in [9.17, 15) is 19.7 Å². The van der Waals surface area contributed by atoms with E-state index in [0.29, 0.717) is 5.75 Å². The number of amides is 1. The van der Waals surface area contributed by atoms with Gasteiger partial charge in [0.05, 0.1) is 12.0 Å². The maximum Gasteiger partial charge on any atom is 0.331 e. The van der Waals surface area contributed by atoms with Gasteiger partial charge in [-0.2, -0.15) is 0 Å². The summed E-state index contributed by atoms with van der Waals surface area (Å²) in [6.45, 7) is -0.505. The van der Waals surface area contributed by atoms with Crippen LogP contribution in [0.1, 0.15) is 5.56 Å². The number of hydrogen-bond acceptors (Lipinski definition) is 6. The molecule has 0 aliphatic rings. The van der Waals surface area contributed by atoms with Crippen molar-refractivity contribution in [3.8, 4) is 5.75 Å². The fourth-order valence-electron chi connectivity index (χ4n) is 1.96. The topological polar surface area (TPSA) is 108 Å². The van der Waals surface area contributed by atoms with Crippen molar-refractivity contribution >= 4 is 29.3 Å². The molecule has 0 bridgehead atoms. The van der Waals surface area contributed by atoms with Crippen molar-refractivity contribution in [2.24, 2.45) is 0 Å². The first-order valence-electron chi connectivity index (χ1n) is 7.51. The molecule has 8 nitrogen and oxygen atoms in total. The number of methoxy groups -OCH3 is 1. The Kier molecular flexibility index (Phi) is 6.44. The summed E-state index contributed by atoms with van der Waals surface area (Å²) in [6, 6.07) is 12.5. The van der Waals surface area contributed by atoms with E-state index < -0.39 is 23.4 Å². The number of esters is 1. The van der Waals surface area contributed by atoms with Gasteiger partial charge in [-0.1, -0.05) is 18.2 Å². The normalized spacial score (nSPS) is 10.3. The Morgan fingerprint density at radius 3 is 2.58 bits per heavy atom. The average molecular weight is 356 g/mol. The number of non-ortho nitro benzene ring substituents is 1. The molecule has 8 heteroatoms. The van der Waals surface area contributed by atoms with Gasteiger partial charge in [0, 0.05) is 23.9 Å². The average Bonchev–Trinajstić information content (AvgIpc) is 2.65. The Morgan fingerprint density at radius 1 is 1.19 bits per heavy atom. The zero-order valence-electron chi connectivity index (χ0n) is 13.9. The number of carbonyl (C=O) groups is 2. The molecule has 0 heterocycles. The molecule has 0 aromatic heterocycles. The predicted molar refractivity (Wildman–Crippen MR) is 94.7 cm³/mol. The van der Waals surface area contributed by atoms with Gasteiger partial charge in [0.25, 0.3) is 11.6 Å². The zero-order valence-corrected chi connectivity index (χ0v) is 13.9. The fraction of sp³-hybridized carbons (Fsp3) is 0.111. The number of nitrogens with zero attached hydrogens (tertiary/aromatic N) is 1. The summed E-state index contributed by atoms with van der Waals surface area (Å²) in [5, 5.41) is 13.1. The van der Waals surface area contributed by atoms with Gasteiger partial charge < -0.3 is 14.8 Å². The highest BCUT2D eigenvalue weighted by Crippen LogP contribution is 2.17. The Balaban J connectivity index is 1.82. The second-order valence-corrected chi connectivity index (χ2v) is 5.07. The smallest absolute Gasteiger partial charge is 0.331 e. The molecular formula is C18H16N2O6. The Morgan fingerprint density at radius 2 is 1.92 bits per heavy atom. The summed E-state index contributed by atoms with van der Waals surface area (Å²) in [6.07, 6.45) is 2.74. The van der Waals surface area contributed by atoms with Gasteiger partial charge in [0.15, 0.2) is 6.61 Å². The Bertz CT molecular complexity index is 830. The van der Waals surface area contributed by atoms with Crippen LogP contribution >= 0.6 is 0 Å². The molecule has 0 aliphatic carbocycles. The van der Waals surface area contributed by atoms with Crippen molar-refractivity contribution in [3.05, 3.63) is 70.3 Å². The number of ether oxygens (including phenoxy) is 2. The summed E-state index contributed by atoms with van der Waals surface area (Å²) >= 11 is 0. The fourth-order valence-corrected chi connectivity index (χ4v) is 1.96. The lowest BCUT2D eigenvalue weighted by Gasteiger charge is -2.05. The van der Waals surface area contributed by atoms with Crippen molar-refractivity contribution < 1.29 is 24.0 Å². The molecule has 1 N–H and O–H groups in total. The minimum absolute atomic E-state index is 0.151. The van der Waals surface area contributed by atoms with E-state index in [0.717, 1.165) is 5.56 Å². The maximum absolute atomic E-state index is 11.7. The third-order valence-electron chi connectivity index (χ3n) is 3.21. The molecule has 0 radical (unpaired) electrons. The number of nitro groups is 1. The van der Waals surface area contributed by atoms with Crippen molar-refractivity contribution in [1.29, 1.82) is 0 Å². The zero-order chi connectivity index (χ0) is 18.9. The summed E-state index contributed by atoms with van der Waals surface area (Å²) in [5.41, 5.74) is 0.861. The van der Waals surface area contributed by atoms with Crippen LogP contribution in [0.25, 0.3) is 6.08 Å². The molecule has 2 aromatic carbocycles. The first-order chi connectivity index (χ1) is 12.5. The monoisotopic (exact) mass is 356 g/mol. The van der Waals surface area contributed by atoms with E-state index in [1.165, 1.54) is 30.3 Å². The van der Waals surface area contributed by atoms with Crippen LogP contribution in [0.5, 0.6) is 5.75 Å².